The number of aliphatic hydroxyl groups is 1. The van der Waals surface area contributed by atoms with Crippen molar-refractivity contribution in [1.29, 1.82) is 0 Å². The number of alkyl halides is 3. The van der Waals surface area contributed by atoms with Crippen molar-refractivity contribution >= 4 is 11.6 Å². The summed E-state index contributed by atoms with van der Waals surface area (Å²) >= 11 is 4.56. The number of hydrogen-bond donors (Lipinski definition) is 1. The minimum atomic E-state index is -3.16. The van der Waals surface area contributed by atoms with Crippen LogP contribution in [0.5, 0.6) is 0 Å². The minimum absolute atomic E-state index is 0.248. The van der Waals surface area contributed by atoms with Gasteiger partial charge in [-0.1, -0.05) is 6.92 Å². The molecule has 0 aromatic rings. The van der Waals surface area contributed by atoms with Gasteiger partial charge in [0.2, 0.25) is 0 Å². The summed E-state index contributed by atoms with van der Waals surface area (Å²) < 4.78 is 23.6. The predicted molar refractivity (Wildman–Crippen MR) is 31.7 cm³/mol. The third-order valence-corrected chi connectivity index (χ3v) is 1.05. The second-order valence-electron chi connectivity index (χ2n) is 2.11. The first-order valence-electron chi connectivity index (χ1n) is 2.63. The van der Waals surface area contributed by atoms with E-state index in [0.717, 1.165) is 0 Å². The van der Waals surface area contributed by atoms with Gasteiger partial charge in [-0.2, -0.15) is 8.78 Å². The highest BCUT2D eigenvalue weighted by Gasteiger charge is 2.26. The zero-order chi connectivity index (χ0) is 7.49. The topological polar surface area (TPSA) is 20.2 Å². The van der Waals surface area contributed by atoms with E-state index in [9.17, 15) is 8.78 Å². The molecule has 0 spiro atoms. The molecule has 0 aliphatic carbocycles. The maximum absolute atomic E-state index is 11.8. The third-order valence-electron chi connectivity index (χ3n) is 0.892. The summed E-state index contributed by atoms with van der Waals surface area (Å²) in [5.74, 6) is -0.433. The maximum atomic E-state index is 11.8. The molecule has 56 valence electrons. The van der Waals surface area contributed by atoms with Crippen molar-refractivity contribution < 1.29 is 13.9 Å². The molecule has 0 aromatic heterocycles. The maximum Gasteiger partial charge on any atom is 0.322 e. The fourth-order valence-corrected chi connectivity index (χ4v) is 0.723. The molecule has 0 amide bonds. The Bertz CT molecular complexity index is 81.5. The van der Waals surface area contributed by atoms with Gasteiger partial charge in [0.05, 0.1) is 0 Å². The summed E-state index contributed by atoms with van der Waals surface area (Å²) in [6, 6.07) is 0. The number of rotatable bonds is 3. The standard InChI is InChI=1S/C5H9ClF2O/c1-4(3-9)2-5(6,7)8/h4,9H,2-3H2,1H3. The summed E-state index contributed by atoms with van der Waals surface area (Å²) in [6.07, 6.45) is -0.467. The predicted octanol–water partition coefficient (Wildman–Crippen LogP) is 1.84. The summed E-state index contributed by atoms with van der Waals surface area (Å²) in [5.41, 5.74) is 0. The zero-order valence-electron chi connectivity index (χ0n) is 5.07. The van der Waals surface area contributed by atoms with E-state index >= 15 is 0 Å². The van der Waals surface area contributed by atoms with E-state index in [1.165, 1.54) is 6.92 Å². The van der Waals surface area contributed by atoms with Crippen molar-refractivity contribution in [2.45, 2.75) is 18.7 Å². The molecule has 0 saturated carbocycles. The van der Waals surface area contributed by atoms with Gasteiger partial charge >= 0.3 is 5.38 Å². The molecule has 0 heterocycles. The van der Waals surface area contributed by atoms with Gasteiger partial charge < -0.3 is 5.11 Å². The highest BCUT2D eigenvalue weighted by Crippen LogP contribution is 2.26. The molecule has 9 heavy (non-hydrogen) atoms. The Kier molecular flexibility index (Phi) is 3.36. The van der Waals surface area contributed by atoms with Gasteiger partial charge in [0.1, 0.15) is 0 Å². The van der Waals surface area contributed by atoms with Crippen molar-refractivity contribution in [3.63, 3.8) is 0 Å². The minimum Gasteiger partial charge on any atom is -0.396 e. The van der Waals surface area contributed by atoms with E-state index in [2.05, 4.69) is 11.6 Å². The summed E-state index contributed by atoms with van der Waals surface area (Å²) in [4.78, 5) is 0. The van der Waals surface area contributed by atoms with Crippen LogP contribution in [0.4, 0.5) is 8.78 Å². The van der Waals surface area contributed by atoms with Crippen LogP contribution in [0.2, 0.25) is 0 Å². The summed E-state index contributed by atoms with van der Waals surface area (Å²) in [7, 11) is 0. The van der Waals surface area contributed by atoms with E-state index in [0.29, 0.717) is 0 Å². The lowest BCUT2D eigenvalue weighted by Gasteiger charge is -2.11. The highest BCUT2D eigenvalue weighted by molar-refractivity contribution is 6.21. The number of halogens is 3. The van der Waals surface area contributed by atoms with Gasteiger partial charge in [0.25, 0.3) is 0 Å². The van der Waals surface area contributed by atoms with Crippen LogP contribution in [0.25, 0.3) is 0 Å². The van der Waals surface area contributed by atoms with Gasteiger partial charge in [-0.3, -0.25) is 0 Å². The second kappa shape index (κ2) is 3.32. The summed E-state index contributed by atoms with van der Waals surface area (Å²) in [6.45, 7) is 1.26. The molecule has 0 radical (unpaired) electrons. The van der Waals surface area contributed by atoms with Crippen LogP contribution in [0, 0.1) is 5.92 Å². The van der Waals surface area contributed by atoms with Gasteiger partial charge in [-0.25, -0.2) is 0 Å². The molecule has 0 bridgehead atoms. The quantitative estimate of drug-likeness (QED) is 0.622. The Morgan fingerprint density at radius 3 is 2.22 bits per heavy atom. The van der Waals surface area contributed by atoms with Crippen LogP contribution in [-0.2, 0) is 0 Å². The third kappa shape index (κ3) is 5.99. The normalized spacial score (nSPS) is 15.7. The molecule has 0 rings (SSSR count). The van der Waals surface area contributed by atoms with E-state index in [1.807, 2.05) is 0 Å². The van der Waals surface area contributed by atoms with Gasteiger partial charge in [0.15, 0.2) is 0 Å². The Morgan fingerprint density at radius 1 is 1.67 bits per heavy atom. The summed E-state index contributed by atoms with van der Waals surface area (Å²) in [5, 5.41) is 5.14. The van der Waals surface area contributed by atoms with Crippen LogP contribution < -0.4 is 0 Å². The lowest BCUT2D eigenvalue weighted by atomic mass is 10.1. The number of aliphatic hydroxyl groups excluding tert-OH is 1. The molecule has 0 fully saturated rings. The Hall–Kier alpha value is 0.110. The average molecular weight is 159 g/mol. The van der Waals surface area contributed by atoms with Crippen molar-refractivity contribution in [1.82, 2.24) is 0 Å². The largest absolute Gasteiger partial charge is 0.396 e. The molecule has 0 aromatic carbocycles. The lowest BCUT2D eigenvalue weighted by Crippen LogP contribution is -2.13. The Labute approximate surface area is 57.6 Å². The van der Waals surface area contributed by atoms with Crippen LogP contribution in [0.1, 0.15) is 13.3 Å². The molecule has 0 aliphatic rings. The average Bonchev–Trinajstić information content (AvgIpc) is 1.62. The first-order chi connectivity index (χ1) is 3.95. The van der Waals surface area contributed by atoms with Crippen molar-refractivity contribution in [2.24, 2.45) is 5.92 Å². The molecule has 1 nitrogen and oxygen atoms in total. The smallest absolute Gasteiger partial charge is 0.322 e. The van der Waals surface area contributed by atoms with E-state index in [-0.39, 0.29) is 6.61 Å². The Morgan fingerprint density at radius 2 is 2.11 bits per heavy atom. The molecular formula is C5H9ClF2O. The first kappa shape index (κ1) is 9.11. The molecule has 0 aliphatic heterocycles. The van der Waals surface area contributed by atoms with Crippen molar-refractivity contribution in [3.05, 3.63) is 0 Å². The molecular weight excluding hydrogens is 150 g/mol. The van der Waals surface area contributed by atoms with Crippen molar-refractivity contribution in [3.8, 4) is 0 Å². The highest BCUT2D eigenvalue weighted by atomic mass is 35.5. The SMILES string of the molecule is CC(CO)CC(F)(F)Cl. The molecule has 1 N–H and O–H groups in total. The molecule has 1 atom stereocenters. The van der Waals surface area contributed by atoms with Crippen LogP contribution in [0.3, 0.4) is 0 Å². The molecule has 4 heteroatoms. The zero-order valence-corrected chi connectivity index (χ0v) is 5.83. The Balaban J connectivity index is 3.47. The molecule has 1 unspecified atom stereocenters. The first-order valence-corrected chi connectivity index (χ1v) is 3.01. The fraction of sp³-hybridized carbons (Fsp3) is 1.00. The monoisotopic (exact) mass is 158 g/mol. The molecule has 0 saturated heterocycles. The fourth-order valence-electron chi connectivity index (χ4n) is 0.460. The van der Waals surface area contributed by atoms with E-state index < -0.39 is 17.7 Å². The van der Waals surface area contributed by atoms with Crippen LogP contribution in [0.15, 0.2) is 0 Å². The number of hydrogen-bond acceptors (Lipinski definition) is 1. The van der Waals surface area contributed by atoms with E-state index in [1.54, 1.807) is 0 Å². The lowest BCUT2D eigenvalue weighted by molar-refractivity contribution is 0.0558. The van der Waals surface area contributed by atoms with Gasteiger partial charge in [-0.05, 0) is 17.5 Å². The van der Waals surface area contributed by atoms with Gasteiger partial charge in [-0.15, -0.1) is 0 Å². The van der Waals surface area contributed by atoms with Crippen LogP contribution >= 0.6 is 11.6 Å². The van der Waals surface area contributed by atoms with Crippen LogP contribution in [-0.4, -0.2) is 17.1 Å². The van der Waals surface area contributed by atoms with E-state index in [4.69, 9.17) is 5.11 Å². The van der Waals surface area contributed by atoms with Gasteiger partial charge in [0, 0.05) is 13.0 Å². The van der Waals surface area contributed by atoms with Crippen molar-refractivity contribution in [2.75, 3.05) is 6.61 Å². The second-order valence-corrected chi connectivity index (χ2v) is 2.66.